The minimum atomic E-state index is -1.04. The molecule has 0 bridgehead atoms. The Labute approximate surface area is 153 Å². The average Bonchev–Trinajstić information content (AvgIpc) is 3.10. The third kappa shape index (κ3) is 4.97. The molecule has 0 atom stereocenters. The number of rotatable bonds is 5. The first-order chi connectivity index (χ1) is 13.0. The lowest BCUT2D eigenvalue weighted by Crippen LogP contribution is -2.35. The van der Waals surface area contributed by atoms with E-state index >= 15 is 0 Å². The molecule has 3 aromatic rings. The van der Waals surface area contributed by atoms with Crippen LogP contribution in [-0.4, -0.2) is 21.6 Å². The van der Waals surface area contributed by atoms with Gasteiger partial charge in [-0.2, -0.15) is 5.10 Å². The molecule has 2 amide bonds. The molecule has 0 aliphatic carbocycles. The highest BCUT2D eigenvalue weighted by Crippen LogP contribution is 2.14. The zero-order chi connectivity index (χ0) is 19.2. The van der Waals surface area contributed by atoms with E-state index in [4.69, 9.17) is 0 Å². The SMILES string of the molecule is O=C(NCc1cnn(Cc2ccccc2)c1)C(=O)Nc1ccc(F)cc1F. The van der Waals surface area contributed by atoms with E-state index in [1.807, 2.05) is 30.3 Å². The number of halogens is 2. The summed E-state index contributed by atoms with van der Waals surface area (Å²) in [6.45, 7) is 0.673. The summed E-state index contributed by atoms with van der Waals surface area (Å²) in [5.41, 5.74) is 1.52. The van der Waals surface area contributed by atoms with Crippen molar-refractivity contribution in [2.45, 2.75) is 13.1 Å². The van der Waals surface area contributed by atoms with Crippen LogP contribution in [-0.2, 0) is 22.7 Å². The first-order valence-corrected chi connectivity index (χ1v) is 8.11. The maximum absolute atomic E-state index is 13.5. The Morgan fingerprint density at radius 2 is 1.78 bits per heavy atom. The van der Waals surface area contributed by atoms with Crippen LogP contribution in [0.4, 0.5) is 14.5 Å². The molecule has 0 fully saturated rings. The summed E-state index contributed by atoms with van der Waals surface area (Å²) < 4.78 is 28.1. The molecule has 2 aromatic carbocycles. The largest absolute Gasteiger partial charge is 0.344 e. The molecule has 0 aliphatic heterocycles. The molecule has 6 nitrogen and oxygen atoms in total. The highest BCUT2D eigenvalue weighted by Gasteiger charge is 2.16. The topological polar surface area (TPSA) is 76.0 Å². The van der Waals surface area contributed by atoms with Gasteiger partial charge in [-0.3, -0.25) is 14.3 Å². The Hall–Kier alpha value is -3.55. The lowest BCUT2D eigenvalue weighted by Gasteiger charge is -2.06. The first kappa shape index (κ1) is 18.2. The standard InChI is InChI=1S/C19H16F2N4O2/c20-15-6-7-17(16(21)8-15)24-19(27)18(26)22-9-14-10-23-25(12-14)11-13-4-2-1-3-5-13/h1-8,10,12H,9,11H2,(H,22,26)(H,24,27). The Kier molecular flexibility index (Phi) is 5.55. The summed E-state index contributed by atoms with van der Waals surface area (Å²) in [5, 5.41) is 8.73. The number of carbonyl (C=O) groups is 2. The fraction of sp³-hybridized carbons (Fsp3) is 0.105. The summed E-state index contributed by atoms with van der Waals surface area (Å²) in [7, 11) is 0. The molecule has 0 saturated carbocycles. The zero-order valence-corrected chi connectivity index (χ0v) is 14.2. The van der Waals surface area contributed by atoms with E-state index in [0.29, 0.717) is 18.2 Å². The summed E-state index contributed by atoms with van der Waals surface area (Å²) in [5.74, 6) is -3.72. The van der Waals surface area contributed by atoms with Crippen LogP contribution in [0.3, 0.4) is 0 Å². The molecule has 0 spiro atoms. The van der Waals surface area contributed by atoms with Gasteiger partial charge >= 0.3 is 11.8 Å². The number of hydrogen-bond acceptors (Lipinski definition) is 3. The van der Waals surface area contributed by atoms with Crippen molar-refractivity contribution < 1.29 is 18.4 Å². The third-order valence-corrected chi connectivity index (χ3v) is 3.71. The van der Waals surface area contributed by atoms with Crippen LogP contribution < -0.4 is 10.6 Å². The Balaban J connectivity index is 1.52. The highest BCUT2D eigenvalue weighted by atomic mass is 19.1. The van der Waals surface area contributed by atoms with Gasteiger partial charge < -0.3 is 10.6 Å². The Bertz CT molecular complexity index is 957. The highest BCUT2D eigenvalue weighted by molar-refractivity contribution is 6.39. The molecule has 138 valence electrons. The smallest absolute Gasteiger partial charge is 0.313 e. The normalized spacial score (nSPS) is 10.4. The second-order valence-corrected chi connectivity index (χ2v) is 5.79. The molecule has 1 heterocycles. The number of anilines is 1. The predicted octanol–water partition coefficient (Wildman–Crippen LogP) is 2.46. The molecule has 0 radical (unpaired) electrons. The van der Waals surface area contributed by atoms with Crippen LogP contribution in [0.1, 0.15) is 11.1 Å². The Morgan fingerprint density at radius 1 is 1.00 bits per heavy atom. The molecule has 27 heavy (non-hydrogen) atoms. The number of amides is 2. The van der Waals surface area contributed by atoms with E-state index < -0.39 is 23.4 Å². The van der Waals surface area contributed by atoms with Crippen molar-refractivity contribution in [3.63, 3.8) is 0 Å². The number of nitrogens with one attached hydrogen (secondary N) is 2. The van der Waals surface area contributed by atoms with Crippen LogP contribution in [0.15, 0.2) is 60.9 Å². The number of carbonyl (C=O) groups excluding carboxylic acids is 2. The van der Waals surface area contributed by atoms with E-state index in [9.17, 15) is 18.4 Å². The van der Waals surface area contributed by atoms with Crippen molar-refractivity contribution in [2.75, 3.05) is 5.32 Å². The van der Waals surface area contributed by atoms with E-state index in [2.05, 4.69) is 15.7 Å². The van der Waals surface area contributed by atoms with Crippen molar-refractivity contribution >= 4 is 17.5 Å². The van der Waals surface area contributed by atoms with E-state index in [0.717, 1.165) is 17.7 Å². The molecule has 0 unspecified atom stereocenters. The van der Waals surface area contributed by atoms with Gasteiger partial charge in [-0.05, 0) is 17.7 Å². The second-order valence-electron chi connectivity index (χ2n) is 5.79. The van der Waals surface area contributed by atoms with Gasteiger partial charge in [0.05, 0.1) is 18.4 Å². The van der Waals surface area contributed by atoms with Gasteiger partial charge in [0.2, 0.25) is 0 Å². The zero-order valence-electron chi connectivity index (χ0n) is 14.2. The Morgan fingerprint density at radius 3 is 2.52 bits per heavy atom. The molecular weight excluding hydrogens is 354 g/mol. The first-order valence-electron chi connectivity index (χ1n) is 8.11. The fourth-order valence-electron chi connectivity index (χ4n) is 2.39. The summed E-state index contributed by atoms with van der Waals surface area (Å²) >= 11 is 0. The lowest BCUT2D eigenvalue weighted by molar-refractivity contribution is -0.136. The van der Waals surface area contributed by atoms with Crippen LogP contribution in [0.25, 0.3) is 0 Å². The van der Waals surface area contributed by atoms with Gasteiger partial charge in [-0.25, -0.2) is 8.78 Å². The van der Waals surface area contributed by atoms with Gasteiger partial charge in [0.25, 0.3) is 0 Å². The minimum Gasteiger partial charge on any atom is -0.344 e. The quantitative estimate of drug-likeness (QED) is 0.678. The van der Waals surface area contributed by atoms with Gasteiger partial charge in [-0.1, -0.05) is 30.3 Å². The number of nitrogens with zero attached hydrogens (tertiary/aromatic N) is 2. The third-order valence-electron chi connectivity index (χ3n) is 3.71. The van der Waals surface area contributed by atoms with Gasteiger partial charge in [0.15, 0.2) is 0 Å². The second kappa shape index (κ2) is 8.22. The predicted molar refractivity (Wildman–Crippen MR) is 94.6 cm³/mol. The minimum absolute atomic E-state index is 0.0902. The number of aromatic nitrogens is 2. The van der Waals surface area contributed by atoms with Crippen molar-refractivity contribution in [2.24, 2.45) is 0 Å². The van der Waals surface area contributed by atoms with Crippen molar-refractivity contribution in [1.29, 1.82) is 0 Å². The van der Waals surface area contributed by atoms with Crippen molar-refractivity contribution in [3.8, 4) is 0 Å². The molecule has 1 aromatic heterocycles. The average molecular weight is 370 g/mol. The van der Waals surface area contributed by atoms with Crippen LogP contribution in [0, 0.1) is 11.6 Å². The monoisotopic (exact) mass is 370 g/mol. The number of hydrogen-bond donors (Lipinski definition) is 2. The summed E-state index contributed by atoms with van der Waals surface area (Å²) in [6.07, 6.45) is 3.34. The number of benzene rings is 2. The van der Waals surface area contributed by atoms with Gasteiger partial charge in [-0.15, -0.1) is 0 Å². The van der Waals surface area contributed by atoms with E-state index in [1.54, 1.807) is 17.1 Å². The molecule has 3 rings (SSSR count). The molecule has 0 aliphatic rings. The molecule has 0 saturated heterocycles. The van der Waals surface area contributed by atoms with Crippen molar-refractivity contribution in [1.82, 2.24) is 15.1 Å². The van der Waals surface area contributed by atoms with Gasteiger partial charge in [0.1, 0.15) is 11.6 Å². The molecule has 8 heteroatoms. The molecule has 2 N–H and O–H groups in total. The van der Waals surface area contributed by atoms with Crippen LogP contribution >= 0.6 is 0 Å². The van der Waals surface area contributed by atoms with Crippen molar-refractivity contribution in [3.05, 3.63) is 83.7 Å². The fourth-order valence-corrected chi connectivity index (χ4v) is 2.39. The summed E-state index contributed by atoms with van der Waals surface area (Å²) in [6, 6.07) is 12.4. The van der Waals surface area contributed by atoms with Gasteiger partial charge in [0, 0.05) is 24.4 Å². The lowest BCUT2D eigenvalue weighted by atomic mass is 10.2. The van der Waals surface area contributed by atoms with E-state index in [1.165, 1.54) is 0 Å². The maximum Gasteiger partial charge on any atom is 0.313 e. The maximum atomic E-state index is 13.5. The van der Waals surface area contributed by atoms with Crippen LogP contribution in [0.5, 0.6) is 0 Å². The van der Waals surface area contributed by atoms with Crippen LogP contribution in [0.2, 0.25) is 0 Å². The molecular formula is C19H16F2N4O2. The summed E-state index contributed by atoms with van der Waals surface area (Å²) in [4.78, 5) is 23.7. The van der Waals surface area contributed by atoms with E-state index in [-0.39, 0.29) is 12.2 Å².